The van der Waals surface area contributed by atoms with E-state index in [1.165, 1.54) is 10.8 Å². The Labute approximate surface area is 138 Å². The normalized spacial score (nSPS) is 11.2. The summed E-state index contributed by atoms with van der Waals surface area (Å²) < 4.78 is 1.34. The van der Waals surface area contributed by atoms with Crippen LogP contribution >= 0.6 is 58.0 Å². The van der Waals surface area contributed by atoms with Crippen molar-refractivity contribution in [1.29, 1.82) is 0 Å². The zero-order chi connectivity index (χ0) is 14.4. The fraction of sp³-hybridized carbons (Fsp3) is 0. The van der Waals surface area contributed by atoms with Crippen molar-refractivity contribution >= 4 is 63.8 Å². The summed E-state index contributed by atoms with van der Waals surface area (Å²) in [4.78, 5) is 8.02. The Morgan fingerprint density at radius 1 is 0.900 bits per heavy atom. The Kier molecular flexibility index (Phi) is 3.69. The van der Waals surface area contributed by atoms with Gasteiger partial charge in [0, 0.05) is 10.6 Å². The first-order valence-corrected chi connectivity index (χ1v) is 7.07. The SMILES string of the molecule is Clc1cc(Cl)c(-c2c(Cl)nc3ncnn3c2Cl)c(Cl)c1. The first kappa shape index (κ1) is 14.2. The fourth-order valence-electron chi connectivity index (χ4n) is 1.77. The average molecular weight is 368 g/mol. The molecule has 0 saturated heterocycles. The smallest absolute Gasteiger partial charge is 0.198 e. The van der Waals surface area contributed by atoms with Gasteiger partial charge in [0.05, 0.1) is 15.6 Å². The molecule has 0 bridgehead atoms. The zero-order valence-corrected chi connectivity index (χ0v) is 13.2. The van der Waals surface area contributed by atoms with E-state index in [2.05, 4.69) is 15.1 Å². The molecule has 0 aliphatic rings. The topological polar surface area (TPSA) is 43.1 Å². The molecule has 0 aliphatic carbocycles. The van der Waals surface area contributed by atoms with E-state index in [-0.39, 0.29) is 16.1 Å². The van der Waals surface area contributed by atoms with Gasteiger partial charge in [-0.3, -0.25) is 0 Å². The van der Waals surface area contributed by atoms with Crippen molar-refractivity contribution in [2.24, 2.45) is 0 Å². The molecule has 102 valence electrons. The molecule has 20 heavy (non-hydrogen) atoms. The molecule has 9 heteroatoms. The third-order valence-corrected chi connectivity index (χ3v) is 4.02. The summed E-state index contributed by atoms with van der Waals surface area (Å²) in [6.07, 6.45) is 1.32. The van der Waals surface area contributed by atoms with E-state index in [9.17, 15) is 0 Å². The maximum atomic E-state index is 6.29. The van der Waals surface area contributed by atoms with Gasteiger partial charge in [-0.1, -0.05) is 58.0 Å². The summed E-state index contributed by atoms with van der Waals surface area (Å²) in [5.74, 6) is 0.282. The van der Waals surface area contributed by atoms with Crippen LogP contribution in [-0.4, -0.2) is 19.6 Å². The van der Waals surface area contributed by atoms with Gasteiger partial charge in [-0.25, -0.2) is 0 Å². The van der Waals surface area contributed by atoms with Gasteiger partial charge in [0.1, 0.15) is 16.6 Å². The van der Waals surface area contributed by atoms with Crippen LogP contribution in [0.5, 0.6) is 0 Å². The number of fused-ring (bicyclic) bond motifs is 1. The maximum Gasteiger partial charge on any atom is 0.255 e. The summed E-state index contributed by atoms with van der Waals surface area (Å²) in [5.41, 5.74) is 0.815. The van der Waals surface area contributed by atoms with Crippen LogP contribution in [0.3, 0.4) is 0 Å². The van der Waals surface area contributed by atoms with Crippen LogP contribution in [-0.2, 0) is 0 Å². The minimum Gasteiger partial charge on any atom is -0.198 e. The molecular weight excluding hydrogens is 365 g/mol. The Bertz CT molecular complexity index is 806. The first-order chi connectivity index (χ1) is 9.49. The minimum atomic E-state index is 0.127. The van der Waals surface area contributed by atoms with Gasteiger partial charge in [0.15, 0.2) is 0 Å². The molecular formula is C11H3Cl5N4. The summed E-state index contributed by atoms with van der Waals surface area (Å²) in [5, 5.41) is 5.33. The van der Waals surface area contributed by atoms with Crippen molar-refractivity contribution in [2.75, 3.05) is 0 Å². The molecule has 1 aromatic carbocycles. The highest BCUT2D eigenvalue weighted by molar-refractivity contribution is 6.45. The maximum absolute atomic E-state index is 6.29. The number of hydrogen-bond acceptors (Lipinski definition) is 3. The first-order valence-electron chi connectivity index (χ1n) is 5.18. The van der Waals surface area contributed by atoms with Crippen molar-refractivity contribution in [3.05, 3.63) is 43.8 Å². The molecule has 0 saturated carbocycles. The van der Waals surface area contributed by atoms with Crippen LogP contribution in [0.25, 0.3) is 16.9 Å². The van der Waals surface area contributed by atoms with Gasteiger partial charge in [0.25, 0.3) is 5.78 Å². The molecule has 2 aromatic heterocycles. The van der Waals surface area contributed by atoms with Crippen LogP contribution in [0.2, 0.25) is 25.4 Å². The number of nitrogens with zero attached hydrogens (tertiary/aromatic N) is 4. The largest absolute Gasteiger partial charge is 0.255 e. The monoisotopic (exact) mass is 366 g/mol. The van der Waals surface area contributed by atoms with Gasteiger partial charge in [-0.15, -0.1) is 0 Å². The highest BCUT2D eigenvalue weighted by atomic mass is 35.5. The Balaban J connectivity index is 2.40. The lowest BCUT2D eigenvalue weighted by atomic mass is 10.1. The van der Waals surface area contributed by atoms with E-state index in [0.29, 0.717) is 26.2 Å². The van der Waals surface area contributed by atoms with Crippen molar-refractivity contribution < 1.29 is 0 Å². The Morgan fingerprint density at radius 2 is 1.55 bits per heavy atom. The Hall–Kier alpha value is -0.780. The van der Waals surface area contributed by atoms with Crippen molar-refractivity contribution in [3.8, 4) is 11.1 Å². The number of rotatable bonds is 1. The summed E-state index contributed by atoms with van der Waals surface area (Å²) in [6, 6.07) is 3.09. The third-order valence-electron chi connectivity index (χ3n) is 2.58. The molecule has 0 spiro atoms. The molecule has 0 fully saturated rings. The summed E-state index contributed by atoms with van der Waals surface area (Å²) in [7, 11) is 0. The fourth-order valence-corrected chi connectivity index (χ4v) is 3.39. The molecule has 3 rings (SSSR count). The second-order valence-corrected chi connectivity index (χ2v) is 5.75. The van der Waals surface area contributed by atoms with Crippen LogP contribution in [0.4, 0.5) is 0 Å². The van der Waals surface area contributed by atoms with Gasteiger partial charge in [-0.05, 0) is 12.1 Å². The Morgan fingerprint density at radius 3 is 2.20 bits per heavy atom. The lowest BCUT2D eigenvalue weighted by Crippen LogP contribution is -1.98. The van der Waals surface area contributed by atoms with Gasteiger partial charge in [-0.2, -0.15) is 19.6 Å². The third kappa shape index (κ3) is 2.22. The van der Waals surface area contributed by atoms with E-state index >= 15 is 0 Å². The molecule has 0 unspecified atom stereocenters. The van der Waals surface area contributed by atoms with E-state index in [4.69, 9.17) is 58.0 Å². The number of benzene rings is 1. The quantitative estimate of drug-likeness (QED) is 0.564. The highest BCUT2D eigenvalue weighted by Gasteiger charge is 2.21. The second kappa shape index (κ2) is 5.20. The molecule has 0 aliphatic heterocycles. The standard InChI is InChI=1S/C11H3Cl5N4/c12-4-1-5(13)7(6(14)2-4)8-9(15)19-11-17-3-18-20(11)10(8)16/h1-3H. The van der Waals surface area contributed by atoms with Gasteiger partial charge < -0.3 is 0 Å². The molecule has 2 heterocycles. The zero-order valence-electron chi connectivity index (χ0n) is 9.41. The van der Waals surface area contributed by atoms with E-state index in [1.54, 1.807) is 12.1 Å². The molecule has 0 radical (unpaired) electrons. The van der Waals surface area contributed by atoms with Gasteiger partial charge in [0.2, 0.25) is 0 Å². The van der Waals surface area contributed by atoms with Crippen LogP contribution in [0.15, 0.2) is 18.5 Å². The van der Waals surface area contributed by atoms with E-state index in [0.717, 1.165) is 0 Å². The van der Waals surface area contributed by atoms with Crippen LogP contribution < -0.4 is 0 Å². The molecule has 0 amide bonds. The van der Waals surface area contributed by atoms with Gasteiger partial charge >= 0.3 is 0 Å². The molecule has 4 nitrogen and oxygen atoms in total. The lowest BCUT2D eigenvalue weighted by molar-refractivity contribution is 0.942. The van der Waals surface area contributed by atoms with Crippen molar-refractivity contribution in [1.82, 2.24) is 19.6 Å². The van der Waals surface area contributed by atoms with Crippen molar-refractivity contribution in [3.63, 3.8) is 0 Å². The van der Waals surface area contributed by atoms with Crippen molar-refractivity contribution in [2.45, 2.75) is 0 Å². The highest BCUT2D eigenvalue weighted by Crippen LogP contribution is 2.43. The van der Waals surface area contributed by atoms with Crippen LogP contribution in [0, 0.1) is 0 Å². The minimum absolute atomic E-state index is 0.127. The number of hydrogen-bond donors (Lipinski definition) is 0. The number of aromatic nitrogens is 4. The van der Waals surface area contributed by atoms with Crippen LogP contribution in [0.1, 0.15) is 0 Å². The molecule has 0 N–H and O–H groups in total. The average Bonchev–Trinajstić information content (AvgIpc) is 2.80. The number of halogens is 5. The molecule has 3 aromatic rings. The second-order valence-electron chi connectivity index (χ2n) is 3.78. The summed E-state index contributed by atoms with van der Waals surface area (Å²) in [6.45, 7) is 0. The predicted molar refractivity (Wildman–Crippen MR) is 81.3 cm³/mol. The molecule has 0 atom stereocenters. The van der Waals surface area contributed by atoms with E-state index in [1.807, 2.05) is 0 Å². The summed E-state index contributed by atoms with van der Waals surface area (Å²) >= 11 is 30.7. The lowest BCUT2D eigenvalue weighted by Gasteiger charge is -2.11. The predicted octanol–water partition coefficient (Wildman–Crippen LogP) is 5.06. The van der Waals surface area contributed by atoms with E-state index < -0.39 is 0 Å².